The molecule has 142 valence electrons. The number of benzene rings is 2. The molecule has 7 nitrogen and oxygen atoms in total. The van der Waals surface area contributed by atoms with Crippen molar-refractivity contribution in [3.63, 3.8) is 0 Å². The van der Waals surface area contributed by atoms with Gasteiger partial charge in [-0.2, -0.15) is 0 Å². The molecule has 4 rings (SSSR count). The summed E-state index contributed by atoms with van der Waals surface area (Å²) in [6, 6.07) is 13.8. The molecule has 28 heavy (non-hydrogen) atoms. The third-order valence-corrected chi connectivity index (χ3v) is 4.06. The van der Waals surface area contributed by atoms with Crippen LogP contribution in [0.5, 0.6) is 5.75 Å². The Bertz CT molecular complexity index is 1070. The van der Waals surface area contributed by atoms with Gasteiger partial charge in [0.05, 0.1) is 11.0 Å². The summed E-state index contributed by atoms with van der Waals surface area (Å²) in [5.41, 5.74) is 1.98. The minimum absolute atomic E-state index is 0.0762. The Balaban J connectivity index is 1.28. The summed E-state index contributed by atoms with van der Waals surface area (Å²) in [7, 11) is 0. The summed E-state index contributed by atoms with van der Waals surface area (Å²) in [4.78, 5) is 23.9. The average Bonchev–Trinajstić information content (AvgIpc) is 3.34. The molecule has 0 unspecified atom stereocenters. The highest BCUT2D eigenvalue weighted by Gasteiger charge is 2.13. The number of carbonyl (C=O) groups is 1. The lowest BCUT2D eigenvalue weighted by molar-refractivity contribution is 0.0949. The standard InChI is InChI=1S/C20H17FN4O3/c21-13-5-1-4-8-17(13)27-12-19-25-16(11-28-19)20(26)22-10-9-18-23-14-6-2-3-7-15(14)24-18/h1-8,11H,9-10,12H2,(H,22,26)(H,23,24). The SMILES string of the molecule is O=C(NCCc1nc2ccccc2[nH]1)c1coc(COc2ccccc2F)n1. The third kappa shape index (κ3) is 4.01. The van der Waals surface area contributed by atoms with E-state index in [1.54, 1.807) is 12.1 Å². The van der Waals surface area contributed by atoms with Crippen LogP contribution >= 0.6 is 0 Å². The van der Waals surface area contributed by atoms with Crippen molar-refractivity contribution in [1.82, 2.24) is 20.3 Å². The lowest BCUT2D eigenvalue weighted by Crippen LogP contribution is -2.26. The number of oxazole rings is 1. The van der Waals surface area contributed by atoms with Crippen molar-refractivity contribution in [2.75, 3.05) is 6.54 Å². The van der Waals surface area contributed by atoms with Crippen LogP contribution in [0.15, 0.2) is 59.2 Å². The summed E-state index contributed by atoms with van der Waals surface area (Å²) in [6.07, 6.45) is 1.80. The van der Waals surface area contributed by atoms with E-state index in [4.69, 9.17) is 9.15 Å². The Hall–Kier alpha value is -3.68. The van der Waals surface area contributed by atoms with Crippen LogP contribution in [0.25, 0.3) is 11.0 Å². The van der Waals surface area contributed by atoms with E-state index >= 15 is 0 Å². The van der Waals surface area contributed by atoms with Crippen LogP contribution < -0.4 is 10.1 Å². The Morgan fingerprint density at radius 3 is 2.82 bits per heavy atom. The van der Waals surface area contributed by atoms with Gasteiger partial charge in [0.25, 0.3) is 5.91 Å². The Labute approximate surface area is 159 Å². The number of nitrogens with zero attached hydrogens (tertiary/aromatic N) is 2. The van der Waals surface area contributed by atoms with E-state index in [1.807, 2.05) is 24.3 Å². The number of nitrogens with one attached hydrogen (secondary N) is 2. The number of imidazole rings is 1. The number of H-pyrrole nitrogens is 1. The predicted octanol–water partition coefficient (Wildman–Crippen LogP) is 3.24. The number of aromatic amines is 1. The number of halogens is 1. The van der Waals surface area contributed by atoms with Gasteiger partial charge in [-0.1, -0.05) is 24.3 Å². The van der Waals surface area contributed by atoms with Crippen molar-refractivity contribution in [3.8, 4) is 5.75 Å². The molecule has 0 atom stereocenters. The molecule has 0 aliphatic heterocycles. The van der Waals surface area contributed by atoms with Gasteiger partial charge in [-0.25, -0.2) is 14.4 Å². The Morgan fingerprint density at radius 1 is 1.14 bits per heavy atom. The van der Waals surface area contributed by atoms with Crippen molar-refractivity contribution in [3.05, 3.63) is 78.0 Å². The maximum Gasteiger partial charge on any atom is 0.273 e. The van der Waals surface area contributed by atoms with Crippen molar-refractivity contribution in [2.45, 2.75) is 13.0 Å². The molecule has 0 aliphatic rings. The quantitative estimate of drug-likeness (QED) is 0.513. The molecule has 2 N–H and O–H groups in total. The smallest absolute Gasteiger partial charge is 0.273 e. The molecule has 0 fully saturated rings. The zero-order chi connectivity index (χ0) is 19.3. The van der Waals surface area contributed by atoms with Gasteiger partial charge in [-0.3, -0.25) is 4.79 Å². The van der Waals surface area contributed by atoms with E-state index in [1.165, 1.54) is 18.4 Å². The number of carbonyl (C=O) groups excluding carboxylic acids is 1. The van der Waals surface area contributed by atoms with E-state index in [0.717, 1.165) is 16.9 Å². The Kier molecular flexibility index (Phi) is 5.01. The first kappa shape index (κ1) is 17.7. The molecule has 0 aliphatic carbocycles. The highest BCUT2D eigenvalue weighted by Crippen LogP contribution is 2.17. The van der Waals surface area contributed by atoms with Crippen LogP contribution in [-0.2, 0) is 13.0 Å². The normalized spacial score (nSPS) is 10.9. The molecule has 0 bridgehead atoms. The molecular weight excluding hydrogens is 363 g/mol. The Morgan fingerprint density at radius 2 is 1.96 bits per heavy atom. The predicted molar refractivity (Wildman–Crippen MR) is 99.4 cm³/mol. The molecule has 1 amide bonds. The molecule has 2 aromatic carbocycles. The number of aromatic nitrogens is 3. The maximum absolute atomic E-state index is 13.5. The maximum atomic E-state index is 13.5. The second-order valence-electron chi connectivity index (χ2n) is 6.05. The second-order valence-corrected chi connectivity index (χ2v) is 6.05. The van der Waals surface area contributed by atoms with Gasteiger partial charge in [0, 0.05) is 13.0 Å². The fourth-order valence-electron chi connectivity index (χ4n) is 2.69. The van der Waals surface area contributed by atoms with Gasteiger partial charge >= 0.3 is 0 Å². The summed E-state index contributed by atoms with van der Waals surface area (Å²) in [5.74, 6) is 0.235. The fourth-order valence-corrected chi connectivity index (χ4v) is 2.69. The van der Waals surface area contributed by atoms with E-state index in [0.29, 0.717) is 13.0 Å². The summed E-state index contributed by atoms with van der Waals surface area (Å²) < 4.78 is 24.0. The molecule has 0 saturated carbocycles. The topological polar surface area (TPSA) is 93.0 Å². The molecule has 8 heteroatoms. The molecule has 4 aromatic rings. The minimum Gasteiger partial charge on any atom is -0.481 e. The van der Waals surface area contributed by atoms with Gasteiger partial charge in [0.15, 0.2) is 23.9 Å². The molecule has 0 spiro atoms. The van der Waals surface area contributed by atoms with Crippen molar-refractivity contribution >= 4 is 16.9 Å². The number of amides is 1. The first-order valence-electron chi connectivity index (χ1n) is 8.72. The fraction of sp³-hybridized carbons (Fsp3) is 0.150. The van der Waals surface area contributed by atoms with Crippen LogP contribution in [-0.4, -0.2) is 27.4 Å². The number of hydrogen-bond acceptors (Lipinski definition) is 5. The summed E-state index contributed by atoms with van der Waals surface area (Å²) >= 11 is 0. The van der Waals surface area contributed by atoms with Crippen molar-refractivity contribution in [1.29, 1.82) is 0 Å². The first-order chi connectivity index (χ1) is 13.7. The van der Waals surface area contributed by atoms with Crippen LogP contribution in [0.4, 0.5) is 4.39 Å². The minimum atomic E-state index is -0.474. The summed E-state index contributed by atoms with van der Waals surface area (Å²) in [6.45, 7) is 0.319. The number of ether oxygens (including phenoxy) is 1. The van der Waals surface area contributed by atoms with Crippen LogP contribution in [0.2, 0.25) is 0 Å². The zero-order valence-corrected chi connectivity index (χ0v) is 14.8. The van der Waals surface area contributed by atoms with Gasteiger partial charge < -0.3 is 19.5 Å². The lowest BCUT2D eigenvalue weighted by atomic mass is 10.3. The molecular formula is C20H17FN4O3. The molecule has 0 saturated heterocycles. The second kappa shape index (κ2) is 7.91. The van der Waals surface area contributed by atoms with Crippen molar-refractivity contribution < 1.29 is 18.3 Å². The van der Waals surface area contributed by atoms with Crippen LogP contribution in [0, 0.1) is 5.82 Å². The molecule has 2 heterocycles. The number of rotatable bonds is 7. The zero-order valence-electron chi connectivity index (χ0n) is 14.8. The largest absolute Gasteiger partial charge is 0.481 e. The highest BCUT2D eigenvalue weighted by molar-refractivity contribution is 5.91. The van der Waals surface area contributed by atoms with Gasteiger partial charge in [0.2, 0.25) is 5.89 Å². The van der Waals surface area contributed by atoms with Crippen LogP contribution in [0.3, 0.4) is 0 Å². The van der Waals surface area contributed by atoms with E-state index in [2.05, 4.69) is 20.3 Å². The lowest BCUT2D eigenvalue weighted by Gasteiger charge is -2.03. The van der Waals surface area contributed by atoms with E-state index < -0.39 is 5.82 Å². The van der Waals surface area contributed by atoms with Crippen LogP contribution in [0.1, 0.15) is 22.2 Å². The molecule has 0 radical (unpaired) electrons. The number of para-hydroxylation sites is 3. The van der Waals surface area contributed by atoms with Gasteiger partial charge in [-0.15, -0.1) is 0 Å². The average molecular weight is 380 g/mol. The number of hydrogen-bond donors (Lipinski definition) is 2. The summed E-state index contributed by atoms with van der Waals surface area (Å²) in [5, 5.41) is 2.77. The number of fused-ring (bicyclic) bond motifs is 1. The molecule has 2 aromatic heterocycles. The third-order valence-electron chi connectivity index (χ3n) is 4.06. The monoisotopic (exact) mass is 380 g/mol. The van der Waals surface area contributed by atoms with E-state index in [9.17, 15) is 9.18 Å². The highest BCUT2D eigenvalue weighted by atomic mass is 19.1. The van der Waals surface area contributed by atoms with Crippen molar-refractivity contribution in [2.24, 2.45) is 0 Å². The van der Waals surface area contributed by atoms with Gasteiger partial charge in [-0.05, 0) is 24.3 Å². The van der Waals surface area contributed by atoms with Gasteiger partial charge in [0.1, 0.15) is 12.1 Å². The first-order valence-corrected chi connectivity index (χ1v) is 8.72. The van der Waals surface area contributed by atoms with E-state index in [-0.39, 0.29) is 29.8 Å².